The molecule has 0 bridgehead atoms. The van der Waals surface area contributed by atoms with E-state index in [1.54, 1.807) is 0 Å². The molecule has 12 heteroatoms. The standard InChI is InChI=1S/C32H36F3N3O4S2/c1-41-27-15-29(44(2,39)40)24(33)14-26(27)36-12-4-7-28-23(13-30(34)35)22-5-3-6-25(31(22)43-28)37-20-8-10-21(11-9-20)38-16-32(17-38)18-42-19-32/h3,5-6,14-15,20-21,30,36-37H,8-13,16-19H2,1-2H3. The van der Waals surface area contributed by atoms with E-state index < -0.39 is 33.4 Å². The summed E-state index contributed by atoms with van der Waals surface area (Å²) in [5.74, 6) is 5.25. The van der Waals surface area contributed by atoms with E-state index in [2.05, 4.69) is 27.4 Å². The zero-order valence-corrected chi connectivity index (χ0v) is 26.4. The van der Waals surface area contributed by atoms with E-state index in [-0.39, 0.29) is 18.0 Å². The maximum Gasteiger partial charge on any atom is 0.242 e. The first-order valence-corrected chi connectivity index (χ1v) is 17.5. The molecule has 2 aliphatic heterocycles. The highest BCUT2D eigenvalue weighted by molar-refractivity contribution is 7.90. The number of methoxy groups -OCH3 is 1. The average molecular weight is 648 g/mol. The van der Waals surface area contributed by atoms with Crippen LogP contribution in [0.25, 0.3) is 10.1 Å². The fourth-order valence-corrected chi connectivity index (χ4v) is 8.50. The van der Waals surface area contributed by atoms with E-state index in [9.17, 15) is 21.6 Å². The van der Waals surface area contributed by atoms with Crippen LogP contribution in [0.1, 0.15) is 36.1 Å². The van der Waals surface area contributed by atoms with E-state index in [1.165, 1.54) is 18.4 Å². The van der Waals surface area contributed by atoms with E-state index in [0.717, 1.165) is 86.1 Å². The summed E-state index contributed by atoms with van der Waals surface area (Å²) in [6.45, 7) is 4.16. The van der Waals surface area contributed by atoms with Crippen LogP contribution < -0.4 is 15.4 Å². The van der Waals surface area contributed by atoms with Crippen LogP contribution in [0.4, 0.5) is 24.5 Å². The molecule has 0 unspecified atom stereocenters. The number of hydrogen-bond acceptors (Lipinski definition) is 8. The summed E-state index contributed by atoms with van der Waals surface area (Å²) in [5.41, 5.74) is 2.13. The normalized spacial score (nSPS) is 21.4. The van der Waals surface area contributed by atoms with Crippen molar-refractivity contribution in [2.75, 3.05) is 56.8 Å². The number of ether oxygens (including phenoxy) is 2. The Hall–Kier alpha value is -2.98. The second kappa shape index (κ2) is 12.4. The first kappa shape index (κ1) is 31.0. The summed E-state index contributed by atoms with van der Waals surface area (Å²) >= 11 is 1.40. The molecule has 236 valence electrons. The quantitative estimate of drug-likeness (QED) is 0.285. The minimum atomic E-state index is -3.77. The van der Waals surface area contributed by atoms with Gasteiger partial charge in [0.05, 0.1) is 47.8 Å². The Morgan fingerprint density at radius 1 is 1.16 bits per heavy atom. The van der Waals surface area contributed by atoms with Crippen LogP contribution >= 0.6 is 11.3 Å². The first-order chi connectivity index (χ1) is 21.0. The summed E-state index contributed by atoms with van der Waals surface area (Å²) < 4.78 is 77.0. The SMILES string of the molecule is COc1cc(S(C)(=O)=O)c(F)cc1NCC#Cc1sc2c(NC3CCC(N4CC5(COC5)C4)CC3)cccc2c1CC(F)F. The minimum absolute atomic E-state index is 0.0654. The lowest BCUT2D eigenvalue weighted by atomic mass is 9.75. The molecule has 2 N–H and O–H groups in total. The summed E-state index contributed by atoms with van der Waals surface area (Å²) in [6, 6.07) is 8.90. The van der Waals surface area contributed by atoms with Crippen LogP contribution in [-0.2, 0) is 21.0 Å². The van der Waals surface area contributed by atoms with Gasteiger partial charge in [-0.05, 0) is 42.7 Å². The Morgan fingerprint density at radius 3 is 2.55 bits per heavy atom. The highest BCUT2D eigenvalue weighted by atomic mass is 32.2. The predicted molar refractivity (Wildman–Crippen MR) is 167 cm³/mol. The number of nitrogens with one attached hydrogen (secondary N) is 2. The van der Waals surface area contributed by atoms with Crippen molar-refractivity contribution in [3.05, 3.63) is 46.6 Å². The van der Waals surface area contributed by atoms with Crippen molar-refractivity contribution in [1.29, 1.82) is 0 Å². The summed E-state index contributed by atoms with van der Waals surface area (Å²) in [4.78, 5) is 2.71. The van der Waals surface area contributed by atoms with Crippen LogP contribution in [0.3, 0.4) is 0 Å². The van der Waals surface area contributed by atoms with Gasteiger partial charge in [-0.25, -0.2) is 21.6 Å². The highest BCUT2D eigenvalue weighted by Gasteiger charge is 2.50. The number of alkyl halides is 2. The molecule has 3 aromatic rings. The molecule has 3 heterocycles. The second-order valence-electron chi connectivity index (χ2n) is 12.1. The number of fused-ring (bicyclic) bond motifs is 1. The van der Waals surface area contributed by atoms with Gasteiger partial charge in [0.25, 0.3) is 0 Å². The third-order valence-electron chi connectivity index (χ3n) is 8.87. The van der Waals surface area contributed by atoms with E-state index in [1.807, 2.05) is 18.2 Å². The van der Waals surface area contributed by atoms with Gasteiger partial charge in [0.1, 0.15) is 16.5 Å². The van der Waals surface area contributed by atoms with Crippen molar-refractivity contribution >= 4 is 42.6 Å². The Labute approximate surface area is 260 Å². The molecule has 7 nitrogen and oxygen atoms in total. The molecule has 44 heavy (non-hydrogen) atoms. The fourth-order valence-electron chi connectivity index (χ4n) is 6.58. The lowest BCUT2D eigenvalue weighted by molar-refractivity contribution is -0.200. The van der Waals surface area contributed by atoms with E-state index in [0.29, 0.717) is 27.9 Å². The molecule has 0 amide bonds. The van der Waals surface area contributed by atoms with Gasteiger partial charge < -0.3 is 20.1 Å². The molecule has 0 atom stereocenters. The number of nitrogens with zero attached hydrogens (tertiary/aromatic N) is 1. The maximum absolute atomic E-state index is 14.5. The number of rotatable bonds is 9. The Morgan fingerprint density at radius 2 is 1.91 bits per heavy atom. The van der Waals surface area contributed by atoms with Crippen molar-refractivity contribution in [3.63, 3.8) is 0 Å². The summed E-state index contributed by atoms with van der Waals surface area (Å²) in [5, 5.41) is 7.43. The fraction of sp³-hybridized carbons (Fsp3) is 0.500. The van der Waals surface area contributed by atoms with Gasteiger partial charge in [0, 0.05) is 55.4 Å². The number of thiophene rings is 1. The lowest BCUT2D eigenvalue weighted by Crippen LogP contribution is -2.68. The summed E-state index contributed by atoms with van der Waals surface area (Å²) in [7, 11) is -2.42. The van der Waals surface area contributed by atoms with Gasteiger partial charge in [-0.1, -0.05) is 24.0 Å². The monoisotopic (exact) mass is 647 g/mol. The van der Waals surface area contributed by atoms with E-state index in [4.69, 9.17) is 9.47 Å². The zero-order chi connectivity index (χ0) is 31.1. The Kier molecular flexibility index (Phi) is 8.76. The highest BCUT2D eigenvalue weighted by Crippen LogP contribution is 2.42. The molecule has 2 saturated heterocycles. The first-order valence-electron chi connectivity index (χ1n) is 14.8. The number of likely N-dealkylation sites (tertiary alicyclic amines) is 1. The van der Waals surface area contributed by atoms with Gasteiger partial charge in [0.15, 0.2) is 9.84 Å². The van der Waals surface area contributed by atoms with Gasteiger partial charge in [-0.3, -0.25) is 4.90 Å². The van der Waals surface area contributed by atoms with Crippen LogP contribution in [0.15, 0.2) is 35.2 Å². The third-order valence-corrected chi connectivity index (χ3v) is 11.2. The van der Waals surface area contributed by atoms with Crippen molar-refractivity contribution in [2.24, 2.45) is 5.41 Å². The van der Waals surface area contributed by atoms with E-state index >= 15 is 0 Å². The third kappa shape index (κ3) is 6.38. The molecule has 3 fully saturated rings. The average Bonchev–Trinajstić information content (AvgIpc) is 3.27. The molecule has 1 saturated carbocycles. The molecule has 1 aromatic heterocycles. The summed E-state index contributed by atoms with van der Waals surface area (Å²) in [6.07, 6.45) is 2.40. The smallest absolute Gasteiger partial charge is 0.242 e. The van der Waals surface area contributed by atoms with Crippen molar-refractivity contribution in [2.45, 2.75) is 55.5 Å². The Balaban J connectivity index is 1.15. The second-order valence-corrected chi connectivity index (χ2v) is 15.1. The van der Waals surface area contributed by atoms with Crippen LogP contribution in [-0.4, -0.2) is 78.0 Å². The number of halogens is 3. The van der Waals surface area contributed by atoms with Gasteiger partial charge in [-0.2, -0.15) is 0 Å². The molecular weight excluding hydrogens is 611 g/mol. The molecule has 0 radical (unpaired) electrons. The van der Waals surface area contributed by atoms with Crippen LogP contribution in [0.5, 0.6) is 5.75 Å². The molecule has 1 spiro atoms. The lowest BCUT2D eigenvalue weighted by Gasteiger charge is -2.58. The molecule has 6 rings (SSSR count). The van der Waals surface area contributed by atoms with Crippen molar-refractivity contribution in [1.82, 2.24) is 4.90 Å². The molecule has 3 aliphatic rings. The minimum Gasteiger partial charge on any atom is -0.495 e. The van der Waals surface area contributed by atoms with Gasteiger partial charge in [-0.15, -0.1) is 11.3 Å². The predicted octanol–water partition coefficient (Wildman–Crippen LogP) is 5.78. The maximum atomic E-state index is 14.5. The number of sulfone groups is 1. The zero-order valence-electron chi connectivity index (χ0n) is 24.7. The van der Waals surface area contributed by atoms with Crippen LogP contribution in [0.2, 0.25) is 0 Å². The van der Waals surface area contributed by atoms with Gasteiger partial charge >= 0.3 is 0 Å². The van der Waals surface area contributed by atoms with Crippen molar-refractivity contribution in [3.8, 4) is 17.6 Å². The molecular formula is C32H36F3N3O4S2. The Bertz CT molecular complexity index is 1700. The van der Waals surface area contributed by atoms with Crippen LogP contribution in [0, 0.1) is 23.1 Å². The number of benzene rings is 2. The van der Waals surface area contributed by atoms with Crippen molar-refractivity contribution < 1.29 is 31.1 Å². The topological polar surface area (TPSA) is 79.9 Å². The largest absolute Gasteiger partial charge is 0.495 e. The molecule has 1 aliphatic carbocycles. The molecule has 2 aromatic carbocycles. The number of hydrogen-bond donors (Lipinski definition) is 2. The van der Waals surface area contributed by atoms with Gasteiger partial charge in [0.2, 0.25) is 6.43 Å². The number of anilines is 2.